The summed E-state index contributed by atoms with van der Waals surface area (Å²) in [6.07, 6.45) is 0. The number of hydrogen-bond acceptors (Lipinski definition) is 3. The van der Waals surface area contributed by atoms with Crippen LogP contribution in [0.15, 0.2) is 24.3 Å². The van der Waals surface area contributed by atoms with Gasteiger partial charge in [-0.3, -0.25) is 4.79 Å². The number of amides is 1. The maximum absolute atomic E-state index is 11.4. The topological polar surface area (TPSA) is 58.4 Å². The number of nitrogens with zero attached hydrogens (tertiary/aromatic N) is 1. The lowest BCUT2D eigenvalue weighted by molar-refractivity contribution is -0.117. The van der Waals surface area contributed by atoms with Crippen molar-refractivity contribution < 1.29 is 4.79 Å². The number of anilines is 2. The number of benzene rings is 1. The molecular weight excluding hydrogens is 226 g/mol. The molecule has 0 saturated heterocycles. The molecule has 1 rings (SSSR count). The van der Waals surface area contributed by atoms with E-state index in [1.807, 2.05) is 24.3 Å². The molecule has 1 aromatic rings. The third-order valence-electron chi connectivity index (χ3n) is 2.84. The summed E-state index contributed by atoms with van der Waals surface area (Å²) in [5, 5.41) is 2.77. The van der Waals surface area contributed by atoms with E-state index in [0.717, 1.165) is 17.9 Å². The molecule has 0 aromatic heterocycles. The summed E-state index contributed by atoms with van der Waals surface area (Å²) in [6, 6.07) is 7.80. The molecule has 0 bridgehead atoms. The first-order valence-corrected chi connectivity index (χ1v) is 6.38. The molecule has 0 heterocycles. The Morgan fingerprint density at radius 3 is 2.22 bits per heavy atom. The van der Waals surface area contributed by atoms with Crippen molar-refractivity contribution in [2.45, 2.75) is 39.8 Å². The molecule has 4 nitrogen and oxygen atoms in total. The number of nitrogens with two attached hydrogens (primary N) is 1. The first-order chi connectivity index (χ1) is 8.45. The summed E-state index contributed by atoms with van der Waals surface area (Å²) in [5.74, 6) is -0.168. The lowest BCUT2D eigenvalue weighted by Crippen LogP contribution is -2.32. The van der Waals surface area contributed by atoms with Crippen molar-refractivity contribution in [2.75, 3.05) is 16.8 Å². The van der Waals surface area contributed by atoms with E-state index in [4.69, 9.17) is 5.73 Å². The number of hydrogen-bond donors (Lipinski definition) is 2. The van der Waals surface area contributed by atoms with E-state index in [2.05, 4.69) is 31.0 Å². The highest BCUT2D eigenvalue weighted by atomic mass is 16.2. The normalized spacial score (nSPS) is 12.3. The molecule has 3 N–H and O–H groups in total. The Hall–Kier alpha value is -1.55. The second kappa shape index (κ2) is 6.40. The van der Waals surface area contributed by atoms with Crippen LogP contribution in [0.3, 0.4) is 0 Å². The Morgan fingerprint density at radius 2 is 1.83 bits per heavy atom. The molecule has 1 amide bonds. The summed E-state index contributed by atoms with van der Waals surface area (Å²) in [4.78, 5) is 13.7. The van der Waals surface area contributed by atoms with Crippen molar-refractivity contribution in [3.8, 4) is 0 Å². The zero-order chi connectivity index (χ0) is 13.7. The van der Waals surface area contributed by atoms with E-state index in [1.54, 1.807) is 6.92 Å². The molecule has 18 heavy (non-hydrogen) atoms. The lowest BCUT2D eigenvalue weighted by Gasteiger charge is -2.27. The van der Waals surface area contributed by atoms with E-state index in [9.17, 15) is 4.79 Å². The van der Waals surface area contributed by atoms with Crippen LogP contribution in [0.2, 0.25) is 0 Å². The van der Waals surface area contributed by atoms with Crippen LogP contribution in [-0.2, 0) is 4.79 Å². The summed E-state index contributed by atoms with van der Waals surface area (Å²) in [7, 11) is 0. The van der Waals surface area contributed by atoms with Crippen LogP contribution < -0.4 is 16.0 Å². The van der Waals surface area contributed by atoms with Crippen LogP contribution in [0, 0.1) is 0 Å². The van der Waals surface area contributed by atoms with E-state index >= 15 is 0 Å². The Labute approximate surface area is 109 Å². The van der Waals surface area contributed by atoms with Gasteiger partial charge in [0.2, 0.25) is 5.91 Å². The number of nitrogens with one attached hydrogen (secondary N) is 1. The predicted molar refractivity (Wildman–Crippen MR) is 76.9 cm³/mol. The van der Waals surface area contributed by atoms with Crippen molar-refractivity contribution in [1.29, 1.82) is 0 Å². The monoisotopic (exact) mass is 249 g/mol. The van der Waals surface area contributed by atoms with Gasteiger partial charge in [-0.1, -0.05) is 0 Å². The van der Waals surface area contributed by atoms with Gasteiger partial charge in [0.1, 0.15) is 0 Å². The zero-order valence-electron chi connectivity index (χ0n) is 11.6. The third-order valence-corrected chi connectivity index (χ3v) is 2.84. The Bertz CT molecular complexity index is 385. The van der Waals surface area contributed by atoms with Crippen LogP contribution in [-0.4, -0.2) is 24.5 Å². The van der Waals surface area contributed by atoms with Gasteiger partial charge in [0.05, 0.1) is 6.04 Å². The average Bonchev–Trinajstić information content (AvgIpc) is 2.31. The summed E-state index contributed by atoms with van der Waals surface area (Å²) in [5.41, 5.74) is 7.44. The van der Waals surface area contributed by atoms with Gasteiger partial charge in [0, 0.05) is 24.0 Å². The van der Waals surface area contributed by atoms with Crippen molar-refractivity contribution >= 4 is 17.3 Å². The van der Waals surface area contributed by atoms with Crippen LogP contribution in [0.1, 0.15) is 27.7 Å². The maximum Gasteiger partial charge on any atom is 0.240 e. The zero-order valence-corrected chi connectivity index (χ0v) is 11.6. The fourth-order valence-electron chi connectivity index (χ4n) is 1.84. The summed E-state index contributed by atoms with van der Waals surface area (Å²) >= 11 is 0. The second-order valence-electron chi connectivity index (χ2n) is 4.70. The van der Waals surface area contributed by atoms with Gasteiger partial charge < -0.3 is 16.0 Å². The van der Waals surface area contributed by atoms with Crippen LogP contribution in [0.5, 0.6) is 0 Å². The molecule has 4 heteroatoms. The van der Waals surface area contributed by atoms with E-state index < -0.39 is 6.04 Å². The molecule has 0 radical (unpaired) electrons. The van der Waals surface area contributed by atoms with E-state index in [1.165, 1.54) is 0 Å². The Kier molecular flexibility index (Phi) is 5.16. The molecule has 0 unspecified atom stereocenters. The molecule has 1 atom stereocenters. The molecule has 1 aromatic carbocycles. The number of carbonyl (C=O) groups is 1. The standard InChI is InChI=1S/C14H23N3O/c1-5-17(10(2)3)13-8-6-12(7-9-13)16-14(18)11(4)15/h6-11H,5,15H2,1-4H3,(H,16,18)/t11-/m0/s1. The average molecular weight is 249 g/mol. The molecule has 0 saturated carbocycles. The van der Waals surface area contributed by atoms with Crippen molar-refractivity contribution in [3.63, 3.8) is 0 Å². The smallest absolute Gasteiger partial charge is 0.240 e. The minimum Gasteiger partial charge on any atom is -0.369 e. The second-order valence-corrected chi connectivity index (χ2v) is 4.70. The minimum absolute atomic E-state index is 0.168. The van der Waals surface area contributed by atoms with Gasteiger partial charge in [0.15, 0.2) is 0 Å². The van der Waals surface area contributed by atoms with Gasteiger partial charge in [-0.2, -0.15) is 0 Å². The fourth-order valence-corrected chi connectivity index (χ4v) is 1.84. The van der Waals surface area contributed by atoms with Crippen LogP contribution in [0.4, 0.5) is 11.4 Å². The molecule has 0 spiro atoms. The van der Waals surface area contributed by atoms with Gasteiger partial charge in [0.25, 0.3) is 0 Å². The van der Waals surface area contributed by atoms with Crippen molar-refractivity contribution in [2.24, 2.45) is 5.73 Å². The van der Waals surface area contributed by atoms with Crippen LogP contribution >= 0.6 is 0 Å². The van der Waals surface area contributed by atoms with Gasteiger partial charge in [-0.05, 0) is 52.0 Å². The van der Waals surface area contributed by atoms with E-state index in [-0.39, 0.29) is 5.91 Å². The molecule has 0 aliphatic carbocycles. The first-order valence-electron chi connectivity index (χ1n) is 6.38. The lowest BCUT2D eigenvalue weighted by atomic mass is 10.2. The van der Waals surface area contributed by atoms with Gasteiger partial charge >= 0.3 is 0 Å². The van der Waals surface area contributed by atoms with Gasteiger partial charge in [-0.15, -0.1) is 0 Å². The first kappa shape index (κ1) is 14.5. The van der Waals surface area contributed by atoms with E-state index in [0.29, 0.717) is 6.04 Å². The number of rotatable bonds is 5. The van der Waals surface area contributed by atoms with Crippen LogP contribution in [0.25, 0.3) is 0 Å². The molecule has 0 fully saturated rings. The largest absolute Gasteiger partial charge is 0.369 e. The Morgan fingerprint density at radius 1 is 1.28 bits per heavy atom. The molecule has 100 valence electrons. The maximum atomic E-state index is 11.4. The fraction of sp³-hybridized carbons (Fsp3) is 0.500. The van der Waals surface area contributed by atoms with Crippen molar-refractivity contribution in [1.82, 2.24) is 0 Å². The molecule has 0 aliphatic rings. The highest BCUT2D eigenvalue weighted by molar-refractivity contribution is 5.94. The molecule has 0 aliphatic heterocycles. The summed E-state index contributed by atoms with van der Waals surface area (Å²) in [6.45, 7) is 9.08. The highest BCUT2D eigenvalue weighted by Crippen LogP contribution is 2.19. The van der Waals surface area contributed by atoms with Gasteiger partial charge in [-0.25, -0.2) is 0 Å². The van der Waals surface area contributed by atoms with Crippen molar-refractivity contribution in [3.05, 3.63) is 24.3 Å². The summed E-state index contributed by atoms with van der Waals surface area (Å²) < 4.78 is 0. The SMILES string of the molecule is CCN(c1ccc(NC(=O)[C@H](C)N)cc1)C(C)C. The predicted octanol–water partition coefficient (Wildman–Crippen LogP) is 2.21. The quantitative estimate of drug-likeness (QED) is 0.841. The Balaban J connectivity index is 2.76. The number of carbonyl (C=O) groups excluding carboxylic acids is 1. The highest BCUT2D eigenvalue weighted by Gasteiger charge is 2.10. The molecular formula is C14H23N3O. The third kappa shape index (κ3) is 3.74. The minimum atomic E-state index is -0.493.